The van der Waals surface area contributed by atoms with E-state index in [4.69, 9.17) is 0 Å². The molecule has 2 aromatic carbocycles. The van der Waals surface area contributed by atoms with Crippen molar-refractivity contribution in [1.29, 1.82) is 0 Å². The molecule has 1 fully saturated rings. The second-order valence-corrected chi connectivity index (χ2v) is 5.73. The van der Waals surface area contributed by atoms with E-state index in [0.29, 0.717) is 6.54 Å². The fourth-order valence-electron chi connectivity index (χ4n) is 3.39. The minimum atomic E-state index is -0.383. The Balaban J connectivity index is 2.13. The molecule has 0 amide bonds. The van der Waals surface area contributed by atoms with Crippen LogP contribution < -0.4 is 0 Å². The molecule has 0 unspecified atom stereocenters. The van der Waals surface area contributed by atoms with Gasteiger partial charge in [0.1, 0.15) is 0 Å². The molecule has 2 aromatic rings. The number of piperidine rings is 1. The van der Waals surface area contributed by atoms with Gasteiger partial charge in [-0.25, -0.2) is 0 Å². The summed E-state index contributed by atoms with van der Waals surface area (Å²) in [4.78, 5) is 2.20. The maximum Gasteiger partial charge on any atom is 0.0804 e. The molecule has 1 N–H and O–H groups in total. The van der Waals surface area contributed by atoms with Crippen LogP contribution in [0.15, 0.2) is 60.7 Å². The van der Waals surface area contributed by atoms with Gasteiger partial charge in [-0.1, -0.05) is 60.7 Å². The number of nitrogens with zero attached hydrogens (tertiary/aromatic N) is 1. The normalized spacial score (nSPS) is 22.6. The van der Waals surface area contributed by atoms with Gasteiger partial charge < -0.3 is 10.0 Å². The van der Waals surface area contributed by atoms with E-state index in [1.54, 1.807) is 0 Å². The lowest BCUT2D eigenvalue weighted by Crippen LogP contribution is -2.53. The van der Waals surface area contributed by atoms with Crippen LogP contribution in [0.1, 0.15) is 17.5 Å². The summed E-state index contributed by atoms with van der Waals surface area (Å²) >= 11 is 0. The van der Waals surface area contributed by atoms with E-state index < -0.39 is 0 Å². The zero-order valence-electron chi connectivity index (χ0n) is 11.9. The van der Waals surface area contributed by atoms with Crippen LogP contribution in [-0.4, -0.2) is 36.2 Å². The van der Waals surface area contributed by atoms with E-state index in [9.17, 15) is 5.11 Å². The second-order valence-electron chi connectivity index (χ2n) is 5.73. The Bertz CT molecular complexity index is 513. The van der Waals surface area contributed by atoms with E-state index in [-0.39, 0.29) is 11.5 Å². The number of hydrogen-bond donors (Lipinski definition) is 1. The third kappa shape index (κ3) is 2.15. The topological polar surface area (TPSA) is 23.5 Å². The van der Waals surface area contributed by atoms with E-state index >= 15 is 0 Å². The standard InChI is InChI=1S/C18H21NO/c1-19-13-12-18(17(20)14-19,15-8-4-2-5-9-15)16-10-6-3-7-11-16/h2-11,17,20H,12-14H2,1H3/t17-/m0/s1. The van der Waals surface area contributed by atoms with Gasteiger partial charge in [0.05, 0.1) is 6.10 Å². The molecule has 20 heavy (non-hydrogen) atoms. The van der Waals surface area contributed by atoms with Gasteiger partial charge in [-0.05, 0) is 31.1 Å². The molecule has 104 valence electrons. The van der Waals surface area contributed by atoms with Gasteiger partial charge >= 0.3 is 0 Å². The van der Waals surface area contributed by atoms with Crippen molar-refractivity contribution >= 4 is 0 Å². The van der Waals surface area contributed by atoms with Crippen LogP contribution >= 0.6 is 0 Å². The van der Waals surface area contributed by atoms with Crippen LogP contribution in [-0.2, 0) is 5.41 Å². The van der Waals surface area contributed by atoms with E-state index in [1.165, 1.54) is 11.1 Å². The van der Waals surface area contributed by atoms with Crippen molar-refractivity contribution in [3.05, 3.63) is 71.8 Å². The Labute approximate surface area is 120 Å². The fourth-order valence-corrected chi connectivity index (χ4v) is 3.39. The number of aliphatic hydroxyl groups excluding tert-OH is 1. The lowest BCUT2D eigenvalue weighted by molar-refractivity contribution is 0.0272. The minimum Gasteiger partial charge on any atom is -0.391 e. The summed E-state index contributed by atoms with van der Waals surface area (Å²) in [6.07, 6.45) is 0.560. The lowest BCUT2D eigenvalue weighted by Gasteiger charge is -2.45. The Morgan fingerprint density at radius 2 is 1.45 bits per heavy atom. The van der Waals surface area contributed by atoms with Gasteiger partial charge in [-0.3, -0.25) is 0 Å². The monoisotopic (exact) mass is 267 g/mol. The van der Waals surface area contributed by atoms with Gasteiger partial charge in [-0.2, -0.15) is 0 Å². The Morgan fingerprint density at radius 3 is 1.90 bits per heavy atom. The fraction of sp³-hybridized carbons (Fsp3) is 0.333. The first kappa shape index (κ1) is 13.3. The molecular weight excluding hydrogens is 246 g/mol. The van der Waals surface area contributed by atoms with Crippen LogP contribution in [0.2, 0.25) is 0 Å². The molecule has 1 saturated heterocycles. The highest BCUT2D eigenvalue weighted by molar-refractivity contribution is 5.41. The number of rotatable bonds is 2. The largest absolute Gasteiger partial charge is 0.391 e. The first-order valence-electron chi connectivity index (χ1n) is 7.21. The Kier molecular flexibility index (Phi) is 3.60. The SMILES string of the molecule is CN1CCC(c2ccccc2)(c2ccccc2)[C@@H](O)C1. The average molecular weight is 267 g/mol. The predicted molar refractivity (Wildman–Crippen MR) is 81.8 cm³/mol. The maximum absolute atomic E-state index is 10.9. The van der Waals surface area contributed by atoms with Crippen LogP contribution in [0.25, 0.3) is 0 Å². The number of likely N-dealkylation sites (N-methyl/N-ethyl adjacent to an activating group) is 1. The first-order chi connectivity index (χ1) is 9.73. The van der Waals surface area contributed by atoms with Crippen molar-refractivity contribution in [1.82, 2.24) is 4.90 Å². The van der Waals surface area contributed by atoms with Crippen molar-refractivity contribution in [2.45, 2.75) is 17.9 Å². The lowest BCUT2D eigenvalue weighted by atomic mass is 9.66. The number of aliphatic hydroxyl groups is 1. The molecule has 0 aromatic heterocycles. The number of benzene rings is 2. The molecule has 1 aliphatic rings. The highest BCUT2D eigenvalue weighted by atomic mass is 16.3. The molecule has 0 aliphatic carbocycles. The molecular formula is C18H21NO. The smallest absolute Gasteiger partial charge is 0.0804 e. The number of likely N-dealkylation sites (tertiary alicyclic amines) is 1. The van der Waals surface area contributed by atoms with E-state index in [0.717, 1.165) is 13.0 Å². The van der Waals surface area contributed by atoms with Gasteiger partial charge in [0.15, 0.2) is 0 Å². The van der Waals surface area contributed by atoms with Gasteiger partial charge in [0.2, 0.25) is 0 Å². The summed E-state index contributed by atoms with van der Waals surface area (Å²) in [6.45, 7) is 1.71. The molecule has 1 heterocycles. The van der Waals surface area contributed by atoms with Crippen molar-refractivity contribution < 1.29 is 5.11 Å². The molecule has 0 saturated carbocycles. The summed E-state index contributed by atoms with van der Waals surface area (Å²) in [5.41, 5.74) is 2.15. The van der Waals surface area contributed by atoms with Crippen molar-refractivity contribution in [2.24, 2.45) is 0 Å². The van der Waals surface area contributed by atoms with Gasteiger partial charge in [0, 0.05) is 12.0 Å². The third-order valence-electron chi connectivity index (χ3n) is 4.52. The van der Waals surface area contributed by atoms with Crippen LogP contribution in [0.4, 0.5) is 0 Å². The summed E-state index contributed by atoms with van der Waals surface area (Å²) in [7, 11) is 2.07. The summed E-state index contributed by atoms with van der Waals surface area (Å²) in [5, 5.41) is 10.9. The van der Waals surface area contributed by atoms with E-state index in [2.05, 4.69) is 60.5 Å². The summed E-state index contributed by atoms with van der Waals surface area (Å²) < 4.78 is 0. The van der Waals surface area contributed by atoms with Crippen molar-refractivity contribution in [3.8, 4) is 0 Å². The molecule has 1 aliphatic heterocycles. The van der Waals surface area contributed by atoms with Crippen LogP contribution in [0, 0.1) is 0 Å². The minimum absolute atomic E-state index is 0.283. The third-order valence-corrected chi connectivity index (χ3v) is 4.52. The number of β-amino-alcohol motifs (C(OH)–C–C–N with tert-alkyl or cyclic N) is 1. The highest BCUT2D eigenvalue weighted by Crippen LogP contribution is 2.41. The average Bonchev–Trinajstić information content (AvgIpc) is 2.50. The number of hydrogen-bond acceptors (Lipinski definition) is 2. The maximum atomic E-state index is 10.9. The Morgan fingerprint density at radius 1 is 0.950 bits per heavy atom. The summed E-state index contributed by atoms with van der Waals surface area (Å²) in [6, 6.07) is 20.9. The predicted octanol–water partition coefficient (Wildman–Crippen LogP) is 2.67. The van der Waals surface area contributed by atoms with Crippen molar-refractivity contribution in [2.75, 3.05) is 20.1 Å². The zero-order chi connectivity index (χ0) is 14.0. The molecule has 2 nitrogen and oxygen atoms in total. The summed E-state index contributed by atoms with van der Waals surface area (Å²) in [5.74, 6) is 0. The zero-order valence-corrected chi connectivity index (χ0v) is 11.9. The van der Waals surface area contributed by atoms with Gasteiger partial charge in [0.25, 0.3) is 0 Å². The van der Waals surface area contributed by atoms with E-state index in [1.807, 2.05) is 12.1 Å². The van der Waals surface area contributed by atoms with Crippen molar-refractivity contribution in [3.63, 3.8) is 0 Å². The van der Waals surface area contributed by atoms with Crippen LogP contribution in [0.3, 0.4) is 0 Å². The highest BCUT2D eigenvalue weighted by Gasteiger charge is 2.44. The Hall–Kier alpha value is -1.64. The molecule has 0 bridgehead atoms. The molecule has 3 rings (SSSR count). The molecule has 1 atom stereocenters. The second kappa shape index (κ2) is 5.39. The molecule has 0 spiro atoms. The van der Waals surface area contributed by atoms with Gasteiger partial charge in [-0.15, -0.1) is 0 Å². The first-order valence-corrected chi connectivity index (χ1v) is 7.21. The molecule has 0 radical (unpaired) electrons. The van der Waals surface area contributed by atoms with Crippen LogP contribution in [0.5, 0.6) is 0 Å². The quantitative estimate of drug-likeness (QED) is 0.904. The molecule has 2 heteroatoms.